The lowest BCUT2D eigenvalue weighted by atomic mass is 10.3. The molecule has 0 aliphatic carbocycles. The molecule has 1 atom stereocenters. The highest BCUT2D eigenvalue weighted by molar-refractivity contribution is 4.70. The molecule has 0 heterocycles. The molecule has 0 radical (unpaired) electrons. The van der Waals surface area contributed by atoms with Gasteiger partial charge in [-0.05, 0) is 20.3 Å². The van der Waals surface area contributed by atoms with Crippen LogP contribution in [-0.4, -0.2) is 12.7 Å². The maximum atomic E-state index is 5.35. The van der Waals surface area contributed by atoms with E-state index in [0.717, 1.165) is 6.42 Å². The average molecular weight is 170 g/mol. The highest BCUT2D eigenvalue weighted by Crippen LogP contribution is 1.99. The van der Waals surface area contributed by atoms with Gasteiger partial charge in [0.25, 0.3) is 0 Å². The summed E-state index contributed by atoms with van der Waals surface area (Å²) in [7, 11) is 0. The fourth-order valence-electron chi connectivity index (χ4n) is 0.702. The number of ether oxygens (including phenoxy) is 2. The predicted molar refractivity (Wildman–Crippen MR) is 50.7 cm³/mol. The Hall–Kier alpha value is -0.920. The van der Waals surface area contributed by atoms with Crippen LogP contribution in [-0.2, 0) is 9.47 Å². The fraction of sp³-hybridized carbons (Fsp3) is 0.600. The minimum atomic E-state index is 0.164. The maximum absolute atomic E-state index is 5.35. The van der Waals surface area contributed by atoms with Gasteiger partial charge in [0, 0.05) is 0 Å². The second-order valence-electron chi connectivity index (χ2n) is 2.44. The second-order valence-corrected chi connectivity index (χ2v) is 2.44. The van der Waals surface area contributed by atoms with E-state index in [1.807, 2.05) is 26.0 Å². The lowest BCUT2D eigenvalue weighted by molar-refractivity contribution is 0.0658. The molecule has 0 aromatic rings. The van der Waals surface area contributed by atoms with E-state index in [9.17, 15) is 0 Å². The van der Waals surface area contributed by atoms with Crippen molar-refractivity contribution in [2.45, 2.75) is 33.3 Å². The first-order valence-electron chi connectivity index (χ1n) is 4.34. The highest BCUT2D eigenvalue weighted by Gasteiger charge is 2.03. The third-order valence-electron chi connectivity index (χ3n) is 1.38. The second kappa shape index (κ2) is 8.18. The minimum Gasteiger partial charge on any atom is -0.498 e. The molecule has 0 saturated carbocycles. The average Bonchev–Trinajstić information content (AvgIpc) is 2.11. The summed E-state index contributed by atoms with van der Waals surface area (Å²) in [4.78, 5) is 0. The van der Waals surface area contributed by atoms with Crippen molar-refractivity contribution in [2.75, 3.05) is 6.61 Å². The minimum absolute atomic E-state index is 0.164. The van der Waals surface area contributed by atoms with Gasteiger partial charge in [0.15, 0.2) is 0 Å². The van der Waals surface area contributed by atoms with Gasteiger partial charge in [-0.3, -0.25) is 0 Å². The molecule has 0 N–H and O–H groups in total. The zero-order valence-corrected chi connectivity index (χ0v) is 8.12. The van der Waals surface area contributed by atoms with Crippen LogP contribution < -0.4 is 0 Å². The monoisotopic (exact) mass is 170 g/mol. The molecule has 0 aliphatic heterocycles. The first kappa shape index (κ1) is 11.1. The Labute approximate surface area is 74.9 Å². The Bertz CT molecular complexity index is 139. The standard InChI is InChI=1S/C10H18O2/c1-4-7-11-9-10(6-3)12-8-5-2/h4-5,7-8,10H,6,9H2,1-3H3. The van der Waals surface area contributed by atoms with Gasteiger partial charge in [0.2, 0.25) is 0 Å². The van der Waals surface area contributed by atoms with E-state index in [1.54, 1.807) is 12.5 Å². The van der Waals surface area contributed by atoms with Crippen molar-refractivity contribution in [3.8, 4) is 0 Å². The molecule has 0 spiro atoms. The normalized spacial score (nSPS) is 13.9. The summed E-state index contributed by atoms with van der Waals surface area (Å²) in [5.41, 5.74) is 0. The largest absolute Gasteiger partial charge is 0.498 e. The Morgan fingerprint density at radius 2 is 1.83 bits per heavy atom. The van der Waals surface area contributed by atoms with Crippen LogP contribution in [0.4, 0.5) is 0 Å². The molecule has 0 fully saturated rings. The zero-order valence-electron chi connectivity index (χ0n) is 8.12. The van der Waals surface area contributed by atoms with Crippen LogP contribution in [0, 0.1) is 0 Å². The number of hydrogen-bond donors (Lipinski definition) is 0. The molecular weight excluding hydrogens is 152 g/mol. The van der Waals surface area contributed by atoms with Gasteiger partial charge in [-0.1, -0.05) is 19.1 Å². The number of allylic oxidation sites excluding steroid dienone is 2. The molecule has 1 unspecified atom stereocenters. The van der Waals surface area contributed by atoms with Crippen LogP contribution in [0.25, 0.3) is 0 Å². The van der Waals surface area contributed by atoms with Crippen molar-refractivity contribution in [2.24, 2.45) is 0 Å². The molecule has 2 nitrogen and oxygen atoms in total. The number of hydrogen-bond acceptors (Lipinski definition) is 2. The lowest BCUT2D eigenvalue weighted by Crippen LogP contribution is -2.14. The quantitative estimate of drug-likeness (QED) is 0.571. The van der Waals surface area contributed by atoms with Crippen molar-refractivity contribution in [1.29, 1.82) is 0 Å². The molecule has 0 bridgehead atoms. The van der Waals surface area contributed by atoms with Crippen molar-refractivity contribution < 1.29 is 9.47 Å². The van der Waals surface area contributed by atoms with Crippen LogP contribution in [0.5, 0.6) is 0 Å². The third-order valence-corrected chi connectivity index (χ3v) is 1.38. The van der Waals surface area contributed by atoms with E-state index in [0.29, 0.717) is 6.61 Å². The Morgan fingerprint density at radius 1 is 1.17 bits per heavy atom. The summed E-state index contributed by atoms with van der Waals surface area (Å²) in [6.07, 6.45) is 8.25. The molecule has 0 amide bonds. The summed E-state index contributed by atoms with van der Waals surface area (Å²) in [6, 6.07) is 0. The van der Waals surface area contributed by atoms with Gasteiger partial charge in [-0.2, -0.15) is 0 Å². The van der Waals surface area contributed by atoms with Crippen LogP contribution >= 0.6 is 0 Å². The topological polar surface area (TPSA) is 18.5 Å². The molecule has 0 rings (SSSR count). The number of rotatable bonds is 6. The van der Waals surface area contributed by atoms with Crippen molar-refractivity contribution >= 4 is 0 Å². The summed E-state index contributed by atoms with van der Waals surface area (Å²) in [5, 5.41) is 0. The Morgan fingerprint density at radius 3 is 2.33 bits per heavy atom. The van der Waals surface area contributed by atoms with Crippen LogP contribution in [0.1, 0.15) is 27.2 Å². The van der Waals surface area contributed by atoms with Crippen molar-refractivity contribution in [3.63, 3.8) is 0 Å². The lowest BCUT2D eigenvalue weighted by Gasteiger charge is -2.13. The molecule has 12 heavy (non-hydrogen) atoms. The van der Waals surface area contributed by atoms with Gasteiger partial charge >= 0.3 is 0 Å². The summed E-state index contributed by atoms with van der Waals surface area (Å²) < 4.78 is 10.5. The van der Waals surface area contributed by atoms with Gasteiger partial charge in [-0.15, -0.1) is 0 Å². The molecule has 0 aromatic carbocycles. The van der Waals surface area contributed by atoms with E-state index >= 15 is 0 Å². The van der Waals surface area contributed by atoms with Gasteiger partial charge in [0.05, 0.1) is 12.5 Å². The first-order chi connectivity index (χ1) is 5.85. The van der Waals surface area contributed by atoms with Crippen LogP contribution in [0.15, 0.2) is 24.7 Å². The summed E-state index contributed by atoms with van der Waals surface area (Å²) >= 11 is 0. The molecule has 0 aromatic heterocycles. The molecular formula is C10H18O2. The van der Waals surface area contributed by atoms with Crippen molar-refractivity contribution in [1.82, 2.24) is 0 Å². The van der Waals surface area contributed by atoms with E-state index in [-0.39, 0.29) is 6.10 Å². The smallest absolute Gasteiger partial charge is 0.131 e. The van der Waals surface area contributed by atoms with Crippen LogP contribution in [0.3, 0.4) is 0 Å². The summed E-state index contributed by atoms with van der Waals surface area (Å²) in [6.45, 7) is 6.55. The van der Waals surface area contributed by atoms with Gasteiger partial charge < -0.3 is 9.47 Å². The molecule has 70 valence electrons. The van der Waals surface area contributed by atoms with E-state index in [4.69, 9.17) is 9.47 Å². The Balaban J connectivity index is 3.52. The predicted octanol–water partition coefficient (Wildman–Crippen LogP) is 2.87. The summed E-state index contributed by atoms with van der Waals surface area (Å²) in [5.74, 6) is 0. The molecule has 2 heteroatoms. The first-order valence-corrected chi connectivity index (χ1v) is 4.34. The van der Waals surface area contributed by atoms with E-state index in [2.05, 4.69) is 6.92 Å². The molecule has 0 saturated heterocycles. The fourth-order valence-corrected chi connectivity index (χ4v) is 0.702. The molecule has 0 aliphatic rings. The third kappa shape index (κ3) is 5.83. The Kier molecular flexibility index (Phi) is 7.55. The zero-order chi connectivity index (χ0) is 9.23. The highest BCUT2D eigenvalue weighted by atomic mass is 16.5. The SMILES string of the molecule is CC=COCC(CC)OC=CC. The van der Waals surface area contributed by atoms with E-state index in [1.165, 1.54) is 0 Å². The van der Waals surface area contributed by atoms with Gasteiger partial charge in [-0.25, -0.2) is 0 Å². The van der Waals surface area contributed by atoms with Gasteiger partial charge in [0.1, 0.15) is 12.7 Å². The van der Waals surface area contributed by atoms with Crippen molar-refractivity contribution in [3.05, 3.63) is 24.7 Å². The van der Waals surface area contributed by atoms with Crippen LogP contribution in [0.2, 0.25) is 0 Å². The van der Waals surface area contributed by atoms with E-state index < -0.39 is 0 Å². The maximum Gasteiger partial charge on any atom is 0.131 e.